The minimum Gasteiger partial charge on any atom is -0.207 e. The molecule has 0 spiro atoms. The van der Waals surface area contributed by atoms with Gasteiger partial charge < -0.3 is 0 Å². The SMILES string of the molecule is C=C[C@@H](c1ccc(Br)cc1)N(CC#CC)S(=O)(=O)c1ccc(C)cc1. The van der Waals surface area contributed by atoms with E-state index in [1.165, 1.54) is 4.31 Å². The van der Waals surface area contributed by atoms with E-state index in [4.69, 9.17) is 0 Å². The zero-order chi connectivity index (χ0) is 18.4. The Kier molecular flexibility index (Phi) is 6.60. The summed E-state index contributed by atoms with van der Waals surface area (Å²) < 4.78 is 28.7. The van der Waals surface area contributed by atoms with E-state index in [2.05, 4.69) is 34.3 Å². The number of rotatable bonds is 6. The van der Waals surface area contributed by atoms with Crippen LogP contribution in [0.5, 0.6) is 0 Å². The maximum absolute atomic E-state index is 13.2. The molecule has 0 heterocycles. The third-order valence-electron chi connectivity index (χ3n) is 3.78. The lowest BCUT2D eigenvalue weighted by atomic mass is 10.1. The van der Waals surface area contributed by atoms with Gasteiger partial charge in [-0.1, -0.05) is 57.8 Å². The Balaban J connectivity index is 2.52. The Labute approximate surface area is 158 Å². The van der Waals surface area contributed by atoms with Gasteiger partial charge in [0.2, 0.25) is 10.0 Å². The molecule has 0 aromatic heterocycles. The minimum absolute atomic E-state index is 0.0967. The fourth-order valence-corrected chi connectivity index (χ4v) is 4.17. The van der Waals surface area contributed by atoms with Crippen molar-refractivity contribution in [2.75, 3.05) is 6.54 Å². The van der Waals surface area contributed by atoms with Crippen LogP contribution in [0.15, 0.2) is 70.6 Å². The van der Waals surface area contributed by atoms with Crippen molar-refractivity contribution in [2.24, 2.45) is 0 Å². The first-order valence-corrected chi connectivity index (χ1v) is 9.99. The van der Waals surface area contributed by atoms with Crippen LogP contribution in [0.25, 0.3) is 0 Å². The summed E-state index contributed by atoms with van der Waals surface area (Å²) >= 11 is 3.40. The van der Waals surface area contributed by atoms with Crippen molar-refractivity contribution in [2.45, 2.75) is 24.8 Å². The van der Waals surface area contributed by atoms with E-state index >= 15 is 0 Å². The van der Waals surface area contributed by atoms with Crippen LogP contribution in [-0.2, 0) is 10.0 Å². The molecule has 2 aromatic rings. The summed E-state index contributed by atoms with van der Waals surface area (Å²) in [6, 6.07) is 13.9. The molecule has 0 amide bonds. The Morgan fingerprint density at radius 3 is 2.28 bits per heavy atom. The smallest absolute Gasteiger partial charge is 0.207 e. The van der Waals surface area contributed by atoms with Gasteiger partial charge in [0.05, 0.1) is 17.5 Å². The fraction of sp³-hybridized carbons (Fsp3) is 0.200. The number of sulfonamides is 1. The highest BCUT2D eigenvalue weighted by Gasteiger charge is 2.30. The van der Waals surface area contributed by atoms with Crippen LogP contribution in [0.3, 0.4) is 0 Å². The molecule has 25 heavy (non-hydrogen) atoms. The lowest BCUT2D eigenvalue weighted by Crippen LogP contribution is -2.34. The molecule has 0 aliphatic heterocycles. The number of benzene rings is 2. The van der Waals surface area contributed by atoms with Crippen LogP contribution >= 0.6 is 15.9 Å². The van der Waals surface area contributed by atoms with Gasteiger partial charge in [0, 0.05) is 4.47 Å². The second-order valence-corrected chi connectivity index (χ2v) is 8.33. The second kappa shape index (κ2) is 8.48. The van der Waals surface area contributed by atoms with Gasteiger partial charge in [-0.25, -0.2) is 8.42 Å². The van der Waals surface area contributed by atoms with Gasteiger partial charge in [-0.2, -0.15) is 4.31 Å². The summed E-state index contributed by atoms with van der Waals surface area (Å²) in [7, 11) is -3.71. The van der Waals surface area contributed by atoms with Gasteiger partial charge >= 0.3 is 0 Å². The topological polar surface area (TPSA) is 37.4 Å². The molecular weight excluding hydrogens is 398 g/mol. The van der Waals surface area contributed by atoms with Gasteiger partial charge in [-0.3, -0.25) is 0 Å². The third-order valence-corrected chi connectivity index (χ3v) is 6.15. The van der Waals surface area contributed by atoms with Crippen molar-refractivity contribution < 1.29 is 8.42 Å². The van der Waals surface area contributed by atoms with E-state index in [-0.39, 0.29) is 11.4 Å². The molecule has 0 aliphatic rings. The highest BCUT2D eigenvalue weighted by atomic mass is 79.9. The quantitative estimate of drug-likeness (QED) is 0.504. The van der Waals surface area contributed by atoms with Crippen LogP contribution in [0.2, 0.25) is 0 Å². The molecule has 0 aliphatic carbocycles. The molecule has 1 atom stereocenters. The summed E-state index contributed by atoms with van der Waals surface area (Å²) in [6.07, 6.45) is 1.63. The van der Waals surface area contributed by atoms with E-state index in [9.17, 15) is 8.42 Å². The molecule has 0 bridgehead atoms. The van der Waals surface area contributed by atoms with Crippen molar-refractivity contribution in [1.82, 2.24) is 4.31 Å². The standard InChI is InChI=1S/C20H20BrNO2S/c1-4-6-15-22(20(5-2)17-9-11-18(21)12-10-17)25(23,24)19-13-7-16(3)8-14-19/h5,7-14,20H,2,15H2,1,3H3/t20-/m0/s1. The van der Waals surface area contributed by atoms with Crippen LogP contribution in [-0.4, -0.2) is 19.3 Å². The van der Waals surface area contributed by atoms with Crippen LogP contribution in [0, 0.1) is 18.8 Å². The van der Waals surface area contributed by atoms with Crippen molar-refractivity contribution in [3.05, 3.63) is 76.8 Å². The predicted molar refractivity (Wildman–Crippen MR) is 106 cm³/mol. The van der Waals surface area contributed by atoms with Crippen molar-refractivity contribution in [3.63, 3.8) is 0 Å². The summed E-state index contributed by atoms with van der Waals surface area (Å²) in [5.74, 6) is 5.64. The van der Waals surface area contributed by atoms with Gasteiger partial charge in [0.15, 0.2) is 0 Å². The summed E-state index contributed by atoms with van der Waals surface area (Å²) in [4.78, 5) is 0.250. The normalized spacial score (nSPS) is 12.3. The number of hydrogen-bond acceptors (Lipinski definition) is 2. The molecular formula is C20H20BrNO2S. The zero-order valence-corrected chi connectivity index (χ0v) is 16.6. The number of hydrogen-bond donors (Lipinski definition) is 0. The highest BCUT2D eigenvalue weighted by molar-refractivity contribution is 9.10. The van der Waals surface area contributed by atoms with Gasteiger partial charge in [-0.05, 0) is 43.7 Å². The Morgan fingerprint density at radius 1 is 1.16 bits per heavy atom. The van der Waals surface area contributed by atoms with Gasteiger partial charge in [0.1, 0.15) is 0 Å². The Hall–Kier alpha value is -1.87. The maximum atomic E-state index is 13.2. The Bertz CT molecular complexity index is 891. The molecule has 0 unspecified atom stereocenters. The molecule has 0 N–H and O–H groups in total. The van der Waals surface area contributed by atoms with Crippen LogP contribution in [0.1, 0.15) is 24.1 Å². The van der Waals surface area contributed by atoms with Crippen LogP contribution < -0.4 is 0 Å². The molecule has 3 nitrogen and oxygen atoms in total. The monoisotopic (exact) mass is 417 g/mol. The molecule has 130 valence electrons. The lowest BCUT2D eigenvalue weighted by Gasteiger charge is -2.27. The van der Waals surface area contributed by atoms with Gasteiger partial charge in [-0.15, -0.1) is 12.5 Å². The largest absolute Gasteiger partial charge is 0.244 e. The van der Waals surface area contributed by atoms with Crippen molar-refractivity contribution in [1.29, 1.82) is 0 Å². The average molecular weight is 418 g/mol. The Morgan fingerprint density at radius 2 is 1.76 bits per heavy atom. The molecule has 0 fully saturated rings. The molecule has 0 saturated heterocycles. The number of aryl methyl sites for hydroxylation is 1. The van der Waals surface area contributed by atoms with E-state index in [1.807, 2.05) is 31.2 Å². The summed E-state index contributed by atoms with van der Waals surface area (Å²) in [5.41, 5.74) is 1.85. The summed E-state index contributed by atoms with van der Waals surface area (Å²) in [6.45, 7) is 7.56. The zero-order valence-electron chi connectivity index (χ0n) is 14.2. The van der Waals surface area contributed by atoms with E-state index in [0.29, 0.717) is 0 Å². The van der Waals surface area contributed by atoms with Gasteiger partial charge in [0.25, 0.3) is 0 Å². The molecule has 2 aromatic carbocycles. The molecule has 2 rings (SSSR count). The molecule has 5 heteroatoms. The third kappa shape index (κ3) is 4.60. The fourth-order valence-electron chi connectivity index (χ4n) is 2.42. The van der Waals surface area contributed by atoms with Crippen molar-refractivity contribution >= 4 is 26.0 Å². The summed E-state index contributed by atoms with van der Waals surface area (Å²) in [5, 5.41) is 0. The number of halogens is 1. The molecule has 0 saturated carbocycles. The predicted octanol–water partition coefficient (Wildman–Crippen LogP) is 4.70. The van der Waals surface area contributed by atoms with Crippen molar-refractivity contribution in [3.8, 4) is 11.8 Å². The average Bonchev–Trinajstić information content (AvgIpc) is 2.60. The highest BCUT2D eigenvalue weighted by Crippen LogP contribution is 2.29. The minimum atomic E-state index is -3.71. The van der Waals surface area contributed by atoms with E-state index in [1.54, 1.807) is 37.3 Å². The first-order chi connectivity index (χ1) is 11.9. The molecule has 0 radical (unpaired) electrons. The second-order valence-electron chi connectivity index (χ2n) is 5.52. The lowest BCUT2D eigenvalue weighted by molar-refractivity contribution is 0.402. The van der Waals surface area contributed by atoms with E-state index in [0.717, 1.165) is 15.6 Å². The first kappa shape index (κ1) is 19.5. The van der Waals surface area contributed by atoms with Crippen LogP contribution in [0.4, 0.5) is 0 Å². The van der Waals surface area contributed by atoms with E-state index < -0.39 is 16.1 Å². The first-order valence-electron chi connectivity index (χ1n) is 7.76. The number of nitrogens with zero attached hydrogens (tertiary/aromatic N) is 1. The maximum Gasteiger partial charge on any atom is 0.244 e.